The summed E-state index contributed by atoms with van der Waals surface area (Å²) in [4.78, 5) is 29.0. The van der Waals surface area contributed by atoms with Gasteiger partial charge in [0.2, 0.25) is 5.91 Å². The van der Waals surface area contributed by atoms with Gasteiger partial charge in [-0.2, -0.15) is 0 Å². The SMILES string of the molecule is O=C1SC(c2ccccc2)C(=O)N1C(c1ccccc1)(c1ccccc1)c1ccccc1. The molecule has 0 saturated carbocycles. The molecular formula is C28H21NO2S. The van der Waals surface area contributed by atoms with Gasteiger partial charge in [0, 0.05) is 0 Å². The van der Waals surface area contributed by atoms with Crippen molar-refractivity contribution in [3.05, 3.63) is 144 Å². The lowest BCUT2D eigenvalue weighted by Gasteiger charge is -2.42. The first-order valence-corrected chi connectivity index (χ1v) is 11.4. The Kier molecular flexibility index (Phi) is 5.38. The van der Waals surface area contributed by atoms with Gasteiger partial charge in [0.25, 0.3) is 5.24 Å². The number of hydrogen-bond acceptors (Lipinski definition) is 3. The van der Waals surface area contributed by atoms with E-state index in [1.54, 1.807) is 0 Å². The van der Waals surface area contributed by atoms with Gasteiger partial charge in [-0.15, -0.1) is 0 Å². The van der Waals surface area contributed by atoms with Crippen LogP contribution >= 0.6 is 11.8 Å². The van der Waals surface area contributed by atoms with Crippen LogP contribution in [-0.4, -0.2) is 16.0 Å². The average Bonchev–Trinajstić information content (AvgIpc) is 3.17. The minimum atomic E-state index is -1.07. The first kappa shape index (κ1) is 20.3. The fraction of sp³-hybridized carbons (Fsp3) is 0.0714. The molecule has 4 aromatic carbocycles. The first-order valence-electron chi connectivity index (χ1n) is 10.5. The van der Waals surface area contributed by atoms with Crippen LogP contribution in [0.1, 0.15) is 27.5 Å². The van der Waals surface area contributed by atoms with Crippen LogP contribution in [0.3, 0.4) is 0 Å². The number of rotatable bonds is 5. The fourth-order valence-electron chi connectivity index (χ4n) is 4.48. The van der Waals surface area contributed by atoms with E-state index in [1.807, 2.05) is 121 Å². The number of carbonyl (C=O) groups excluding carboxylic acids is 2. The van der Waals surface area contributed by atoms with E-state index in [0.29, 0.717) is 0 Å². The summed E-state index contributed by atoms with van der Waals surface area (Å²) < 4.78 is 0. The predicted octanol–water partition coefficient (Wildman–Crippen LogP) is 6.42. The van der Waals surface area contributed by atoms with Gasteiger partial charge < -0.3 is 0 Å². The summed E-state index contributed by atoms with van der Waals surface area (Å²) in [6, 6.07) is 39.0. The number of nitrogens with zero attached hydrogens (tertiary/aromatic N) is 1. The van der Waals surface area contributed by atoms with Gasteiger partial charge >= 0.3 is 0 Å². The van der Waals surface area contributed by atoms with Crippen molar-refractivity contribution in [3.63, 3.8) is 0 Å². The standard InChI is InChI=1S/C28H21NO2S/c30-26-25(21-13-5-1-6-14-21)32-27(31)29(26)28(22-15-7-2-8-16-22,23-17-9-3-10-18-23)24-19-11-4-12-20-24/h1-20,25H. The van der Waals surface area contributed by atoms with Crippen molar-refractivity contribution in [1.82, 2.24) is 4.90 Å². The van der Waals surface area contributed by atoms with E-state index in [9.17, 15) is 9.59 Å². The summed E-state index contributed by atoms with van der Waals surface area (Å²) in [5.41, 5.74) is 2.37. The molecule has 0 spiro atoms. The second-order valence-electron chi connectivity index (χ2n) is 7.66. The molecule has 4 aromatic rings. The van der Waals surface area contributed by atoms with Gasteiger partial charge in [-0.25, -0.2) is 0 Å². The number of thioether (sulfide) groups is 1. The Balaban J connectivity index is 1.79. The zero-order valence-electron chi connectivity index (χ0n) is 17.3. The highest BCUT2D eigenvalue weighted by molar-refractivity contribution is 8.15. The maximum atomic E-state index is 14.0. The third-order valence-corrected chi connectivity index (χ3v) is 6.95. The summed E-state index contributed by atoms with van der Waals surface area (Å²) in [5, 5.41) is -0.820. The summed E-state index contributed by atoms with van der Waals surface area (Å²) in [6.07, 6.45) is 0. The molecule has 0 aromatic heterocycles. The normalized spacial score (nSPS) is 16.4. The van der Waals surface area contributed by atoms with E-state index in [2.05, 4.69) is 0 Å². The molecule has 5 rings (SSSR count). The highest BCUT2D eigenvalue weighted by Crippen LogP contribution is 2.50. The van der Waals surface area contributed by atoms with Gasteiger partial charge in [-0.05, 0) is 34.0 Å². The average molecular weight is 436 g/mol. The summed E-state index contributed by atoms with van der Waals surface area (Å²) in [5.74, 6) is -0.206. The van der Waals surface area contributed by atoms with Crippen LogP contribution < -0.4 is 0 Å². The van der Waals surface area contributed by atoms with Gasteiger partial charge in [0.05, 0.1) is 0 Å². The van der Waals surface area contributed by atoms with Gasteiger partial charge in [-0.3, -0.25) is 14.5 Å². The van der Waals surface area contributed by atoms with E-state index in [0.717, 1.165) is 34.0 Å². The second kappa shape index (κ2) is 8.48. The van der Waals surface area contributed by atoms with Crippen LogP contribution in [0.2, 0.25) is 0 Å². The number of imide groups is 1. The Hall–Kier alpha value is -3.63. The molecule has 2 amide bonds. The molecule has 0 radical (unpaired) electrons. The molecule has 0 bridgehead atoms. The van der Waals surface area contributed by atoms with Crippen molar-refractivity contribution < 1.29 is 9.59 Å². The molecule has 1 unspecified atom stereocenters. The smallest absolute Gasteiger partial charge is 0.273 e. The molecule has 4 heteroatoms. The summed E-state index contributed by atoms with van der Waals surface area (Å²) >= 11 is 1.08. The third kappa shape index (κ3) is 3.24. The lowest BCUT2D eigenvalue weighted by Crippen LogP contribution is -2.50. The lowest BCUT2D eigenvalue weighted by atomic mass is 9.75. The topological polar surface area (TPSA) is 37.4 Å². The molecule has 1 aliphatic heterocycles. The van der Waals surface area contributed by atoms with Crippen molar-refractivity contribution in [3.8, 4) is 0 Å². The molecular weight excluding hydrogens is 414 g/mol. The molecule has 32 heavy (non-hydrogen) atoms. The zero-order chi connectivity index (χ0) is 22.0. The molecule has 1 fully saturated rings. The molecule has 156 valence electrons. The Morgan fingerprint density at radius 1 is 0.562 bits per heavy atom. The largest absolute Gasteiger partial charge is 0.290 e. The van der Waals surface area contributed by atoms with Crippen LogP contribution in [-0.2, 0) is 10.3 Å². The Morgan fingerprint density at radius 2 is 0.938 bits per heavy atom. The maximum Gasteiger partial charge on any atom is 0.290 e. The molecule has 3 nitrogen and oxygen atoms in total. The lowest BCUT2D eigenvalue weighted by molar-refractivity contribution is -0.129. The molecule has 1 saturated heterocycles. The Labute approximate surface area is 191 Å². The minimum Gasteiger partial charge on any atom is -0.273 e. The maximum absolute atomic E-state index is 14.0. The number of carbonyl (C=O) groups is 2. The molecule has 0 aliphatic carbocycles. The molecule has 1 heterocycles. The predicted molar refractivity (Wildman–Crippen MR) is 128 cm³/mol. The minimum absolute atomic E-state index is 0.206. The van der Waals surface area contributed by atoms with Gasteiger partial charge in [0.15, 0.2) is 0 Å². The fourth-order valence-corrected chi connectivity index (χ4v) is 5.51. The van der Waals surface area contributed by atoms with Gasteiger partial charge in [0.1, 0.15) is 10.8 Å². The van der Waals surface area contributed by atoms with E-state index < -0.39 is 10.8 Å². The quantitative estimate of drug-likeness (QED) is 0.340. The van der Waals surface area contributed by atoms with Crippen LogP contribution in [0.15, 0.2) is 121 Å². The summed E-state index contributed by atoms with van der Waals surface area (Å²) in [6.45, 7) is 0. The van der Waals surface area contributed by atoms with Crippen molar-refractivity contribution in [1.29, 1.82) is 0 Å². The Bertz CT molecular complexity index is 1130. The second-order valence-corrected chi connectivity index (χ2v) is 8.71. The zero-order valence-corrected chi connectivity index (χ0v) is 18.1. The van der Waals surface area contributed by atoms with E-state index in [4.69, 9.17) is 0 Å². The highest BCUT2D eigenvalue weighted by Gasteiger charge is 2.54. The van der Waals surface area contributed by atoms with E-state index in [1.165, 1.54) is 4.90 Å². The van der Waals surface area contributed by atoms with Gasteiger partial charge in [-0.1, -0.05) is 121 Å². The van der Waals surface area contributed by atoms with Crippen LogP contribution in [0.5, 0.6) is 0 Å². The highest BCUT2D eigenvalue weighted by atomic mass is 32.2. The van der Waals surface area contributed by atoms with Crippen molar-refractivity contribution >= 4 is 22.9 Å². The van der Waals surface area contributed by atoms with Crippen LogP contribution in [0.4, 0.5) is 4.79 Å². The summed E-state index contributed by atoms with van der Waals surface area (Å²) in [7, 11) is 0. The van der Waals surface area contributed by atoms with E-state index in [-0.39, 0.29) is 11.1 Å². The van der Waals surface area contributed by atoms with Crippen LogP contribution in [0.25, 0.3) is 0 Å². The first-order chi connectivity index (χ1) is 15.7. The van der Waals surface area contributed by atoms with E-state index >= 15 is 0 Å². The van der Waals surface area contributed by atoms with Crippen molar-refractivity contribution in [2.45, 2.75) is 10.8 Å². The Morgan fingerprint density at radius 3 is 1.34 bits per heavy atom. The number of benzene rings is 4. The molecule has 1 aliphatic rings. The van der Waals surface area contributed by atoms with Crippen LogP contribution in [0, 0.1) is 0 Å². The third-order valence-electron chi connectivity index (χ3n) is 5.86. The number of hydrogen-bond donors (Lipinski definition) is 0. The molecule has 1 atom stereocenters. The van der Waals surface area contributed by atoms with Crippen molar-refractivity contribution in [2.75, 3.05) is 0 Å². The monoisotopic (exact) mass is 435 g/mol. The molecule has 0 N–H and O–H groups in total. The van der Waals surface area contributed by atoms with Crippen molar-refractivity contribution in [2.24, 2.45) is 0 Å². The number of amides is 2.